The topological polar surface area (TPSA) is 58.3 Å². The van der Waals surface area contributed by atoms with Crippen molar-refractivity contribution in [2.45, 2.75) is 25.1 Å². The van der Waals surface area contributed by atoms with Gasteiger partial charge in [0.05, 0.1) is 12.1 Å². The highest BCUT2D eigenvalue weighted by Crippen LogP contribution is 2.20. The maximum Gasteiger partial charge on any atom is 0.0773 e. The Bertz CT molecular complexity index is 757. The number of aliphatic hydroxyl groups is 1. The van der Waals surface area contributed by atoms with Crippen LogP contribution in [0.4, 0.5) is 5.69 Å². The monoisotopic (exact) mass is 332 g/mol. The molecule has 0 radical (unpaired) electrons. The van der Waals surface area contributed by atoms with Gasteiger partial charge in [0, 0.05) is 18.7 Å². The lowest BCUT2D eigenvalue weighted by atomic mass is 9.97. The smallest absolute Gasteiger partial charge is 0.0773 e. The van der Waals surface area contributed by atoms with Gasteiger partial charge in [-0.3, -0.25) is 0 Å². The lowest BCUT2D eigenvalue weighted by Gasteiger charge is -2.20. The zero-order valence-corrected chi connectivity index (χ0v) is 14.2. The van der Waals surface area contributed by atoms with Crippen LogP contribution < -0.4 is 11.1 Å². The molecule has 0 amide bonds. The van der Waals surface area contributed by atoms with Crippen molar-refractivity contribution in [3.8, 4) is 0 Å². The Morgan fingerprint density at radius 2 is 1.32 bits per heavy atom. The summed E-state index contributed by atoms with van der Waals surface area (Å²) in [6, 6.07) is 27.8. The van der Waals surface area contributed by atoms with E-state index < -0.39 is 12.1 Å². The van der Waals surface area contributed by atoms with Gasteiger partial charge in [-0.15, -0.1) is 0 Å². The zero-order chi connectivity index (χ0) is 17.5. The van der Waals surface area contributed by atoms with Gasteiger partial charge in [0.15, 0.2) is 0 Å². The Kier molecular flexibility index (Phi) is 5.83. The fourth-order valence-corrected chi connectivity index (χ4v) is 2.83. The standard InChI is InChI=1S/C22H24N2O/c23-22(21(25)15-17-7-3-1-4-8-17)19-11-13-20(14-12-19)24-16-18-9-5-2-6-10-18/h1-14,21-22,24-25H,15-16,23H2/t21-,22+/m1/s1. The van der Waals surface area contributed by atoms with Gasteiger partial charge in [-0.25, -0.2) is 0 Å². The van der Waals surface area contributed by atoms with Crippen molar-refractivity contribution in [2.75, 3.05) is 5.32 Å². The number of anilines is 1. The first-order valence-corrected chi connectivity index (χ1v) is 8.58. The SMILES string of the molecule is N[C@@H](c1ccc(NCc2ccccc2)cc1)[C@H](O)Cc1ccccc1. The summed E-state index contributed by atoms with van der Waals surface area (Å²) >= 11 is 0. The molecule has 3 nitrogen and oxygen atoms in total. The molecular formula is C22H24N2O. The molecule has 0 aromatic heterocycles. The Labute approximate surface area is 149 Å². The second-order valence-electron chi connectivity index (χ2n) is 6.24. The van der Waals surface area contributed by atoms with Crippen molar-refractivity contribution in [1.29, 1.82) is 0 Å². The number of nitrogens with one attached hydrogen (secondary N) is 1. The van der Waals surface area contributed by atoms with Gasteiger partial charge in [0.2, 0.25) is 0 Å². The molecule has 128 valence electrons. The van der Waals surface area contributed by atoms with E-state index in [1.54, 1.807) is 0 Å². The van der Waals surface area contributed by atoms with Crippen molar-refractivity contribution < 1.29 is 5.11 Å². The molecule has 3 aromatic carbocycles. The molecule has 0 saturated carbocycles. The number of hydrogen-bond donors (Lipinski definition) is 3. The van der Waals surface area contributed by atoms with Gasteiger partial charge in [-0.2, -0.15) is 0 Å². The third-order valence-electron chi connectivity index (χ3n) is 4.34. The normalized spacial score (nSPS) is 13.2. The molecule has 3 rings (SSSR count). The van der Waals surface area contributed by atoms with E-state index in [-0.39, 0.29) is 0 Å². The Balaban J connectivity index is 1.57. The van der Waals surface area contributed by atoms with Crippen LogP contribution >= 0.6 is 0 Å². The predicted molar refractivity (Wildman–Crippen MR) is 103 cm³/mol. The van der Waals surface area contributed by atoms with E-state index in [0.29, 0.717) is 6.42 Å². The van der Waals surface area contributed by atoms with Crippen molar-refractivity contribution >= 4 is 5.69 Å². The number of aliphatic hydroxyl groups excluding tert-OH is 1. The first-order chi connectivity index (χ1) is 12.2. The van der Waals surface area contributed by atoms with E-state index in [1.165, 1.54) is 5.56 Å². The maximum atomic E-state index is 10.4. The Morgan fingerprint density at radius 3 is 1.92 bits per heavy atom. The highest BCUT2D eigenvalue weighted by Gasteiger charge is 2.17. The molecule has 0 aliphatic heterocycles. The molecule has 0 aliphatic rings. The zero-order valence-electron chi connectivity index (χ0n) is 14.2. The molecule has 0 saturated heterocycles. The molecule has 0 spiro atoms. The second-order valence-corrected chi connectivity index (χ2v) is 6.24. The van der Waals surface area contributed by atoms with Crippen molar-refractivity contribution in [3.63, 3.8) is 0 Å². The van der Waals surface area contributed by atoms with Gasteiger partial charge in [0.25, 0.3) is 0 Å². The second kappa shape index (κ2) is 8.47. The highest BCUT2D eigenvalue weighted by molar-refractivity contribution is 5.45. The highest BCUT2D eigenvalue weighted by atomic mass is 16.3. The van der Waals surface area contributed by atoms with Crippen LogP contribution in [0.3, 0.4) is 0 Å². The molecule has 3 aromatic rings. The molecular weight excluding hydrogens is 308 g/mol. The molecule has 2 atom stereocenters. The Hall–Kier alpha value is -2.62. The predicted octanol–water partition coefficient (Wildman–Crippen LogP) is 3.90. The van der Waals surface area contributed by atoms with Crippen LogP contribution in [0.5, 0.6) is 0 Å². The number of nitrogens with two attached hydrogens (primary N) is 1. The van der Waals surface area contributed by atoms with E-state index in [4.69, 9.17) is 5.73 Å². The lowest BCUT2D eigenvalue weighted by molar-refractivity contribution is 0.145. The molecule has 4 N–H and O–H groups in total. The molecule has 0 heterocycles. The maximum absolute atomic E-state index is 10.4. The lowest BCUT2D eigenvalue weighted by Crippen LogP contribution is -2.28. The molecule has 0 unspecified atom stereocenters. The van der Waals surface area contributed by atoms with E-state index in [1.807, 2.05) is 72.8 Å². The van der Waals surface area contributed by atoms with Crippen LogP contribution in [0, 0.1) is 0 Å². The van der Waals surface area contributed by atoms with Crippen LogP contribution in [0.15, 0.2) is 84.9 Å². The van der Waals surface area contributed by atoms with Gasteiger partial charge in [-0.05, 0) is 28.8 Å². The molecule has 25 heavy (non-hydrogen) atoms. The van der Waals surface area contributed by atoms with E-state index in [0.717, 1.165) is 23.4 Å². The summed E-state index contributed by atoms with van der Waals surface area (Å²) in [5.41, 5.74) is 10.5. The van der Waals surface area contributed by atoms with Crippen LogP contribution in [-0.2, 0) is 13.0 Å². The number of rotatable bonds is 7. The summed E-state index contributed by atoms with van der Waals surface area (Å²) in [7, 11) is 0. The summed E-state index contributed by atoms with van der Waals surface area (Å²) in [5, 5.41) is 13.8. The third kappa shape index (κ3) is 4.92. The minimum atomic E-state index is -0.606. The van der Waals surface area contributed by atoms with Gasteiger partial charge in [-0.1, -0.05) is 72.8 Å². The molecule has 0 bridgehead atoms. The van der Waals surface area contributed by atoms with Crippen LogP contribution in [-0.4, -0.2) is 11.2 Å². The van der Waals surface area contributed by atoms with E-state index in [9.17, 15) is 5.11 Å². The fourth-order valence-electron chi connectivity index (χ4n) is 2.83. The number of benzene rings is 3. The van der Waals surface area contributed by atoms with Gasteiger partial charge in [0.1, 0.15) is 0 Å². The molecule has 3 heteroatoms. The fraction of sp³-hybridized carbons (Fsp3) is 0.182. The first-order valence-electron chi connectivity index (χ1n) is 8.58. The van der Waals surface area contributed by atoms with E-state index in [2.05, 4.69) is 17.4 Å². The number of hydrogen-bond acceptors (Lipinski definition) is 3. The minimum Gasteiger partial charge on any atom is -0.391 e. The quantitative estimate of drug-likeness (QED) is 0.615. The average molecular weight is 332 g/mol. The van der Waals surface area contributed by atoms with Crippen LogP contribution in [0.25, 0.3) is 0 Å². The largest absolute Gasteiger partial charge is 0.391 e. The first kappa shape index (κ1) is 17.2. The third-order valence-corrected chi connectivity index (χ3v) is 4.34. The molecule has 0 fully saturated rings. The van der Waals surface area contributed by atoms with Crippen molar-refractivity contribution in [1.82, 2.24) is 0 Å². The van der Waals surface area contributed by atoms with Crippen molar-refractivity contribution in [3.05, 3.63) is 102 Å². The van der Waals surface area contributed by atoms with Crippen molar-refractivity contribution in [2.24, 2.45) is 5.73 Å². The summed E-state index contributed by atoms with van der Waals surface area (Å²) < 4.78 is 0. The van der Waals surface area contributed by atoms with Gasteiger partial charge >= 0.3 is 0 Å². The average Bonchev–Trinajstić information content (AvgIpc) is 2.68. The summed E-state index contributed by atoms with van der Waals surface area (Å²) in [4.78, 5) is 0. The molecule has 0 aliphatic carbocycles. The van der Waals surface area contributed by atoms with Gasteiger partial charge < -0.3 is 16.2 Å². The van der Waals surface area contributed by atoms with Crippen LogP contribution in [0.2, 0.25) is 0 Å². The summed E-state index contributed by atoms with van der Waals surface area (Å²) in [6.07, 6.45) is -0.0544. The summed E-state index contributed by atoms with van der Waals surface area (Å²) in [5.74, 6) is 0. The minimum absolute atomic E-state index is 0.400. The van der Waals surface area contributed by atoms with E-state index >= 15 is 0 Å². The van der Waals surface area contributed by atoms with Crippen LogP contribution in [0.1, 0.15) is 22.7 Å². The Morgan fingerprint density at radius 1 is 0.760 bits per heavy atom. The summed E-state index contributed by atoms with van der Waals surface area (Å²) in [6.45, 7) is 0.781.